The van der Waals surface area contributed by atoms with Crippen molar-refractivity contribution in [2.75, 3.05) is 20.2 Å². The van der Waals surface area contributed by atoms with Crippen molar-refractivity contribution < 1.29 is 18.3 Å². The normalized spacial score (nSPS) is 15.9. The van der Waals surface area contributed by atoms with Gasteiger partial charge in [-0.2, -0.15) is 5.26 Å². The molecule has 0 bridgehead atoms. The molecule has 1 atom stereocenters. The van der Waals surface area contributed by atoms with Crippen molar-refractivity contribution >= 4 is 5.91 Å². The first-order valence-electron chi connectivity index (χ1n) is 10.4. The van der Waals surface area contributed by atoms with Gasteiger partial charge in [0.1, 0.15) is 23.4 Å². The predicted molar refractivity (Wildman–Crippen MR) is 116 cm³/mol. The van der Waals surface area contributed by atoms with Crippen LogP contribution in [0.4, 0.5) is 8.78 Å². The van der Waals surface area contributed by atoms with Crippen LogP contribution in [0.5, 0.6) is 5.88 Å². The number of methoxy groups -OCH3 is 1. The summed E-state index contributed by atoms with van der Waals surface area (Å²) in [6, 6.07) is 6.88. The highest BCUT2D eigenvalue weighted by atomic mass is 19.1. The Balaban J connectivity index is 1.88. The van der Waals surface area contributed by atoms with Gasteiger partial charge in [-0.15, -0.1) is 0 Å². The van der Waals surface area contributed by atoms with Gasteiger partial charge in [0.25, 0.3) is 5.91 Å². The quantitative estimate of drug-likeness (QED) is 0.652. The number of pyridine rings is 1. The van der Waals surface area contributed by atoms with Gasteiger partial charge in [0.15, 0.2) is 5.82 Å². The van der Waals surface area contributed by atoms with E-state index >= 15 is 0 Å². The molecule has 1 saturated heterocycles. The molecule has 3 heterocycles. The van der Waals surface area contributed by atoms with Crippen LogP contribution in [0.3, 0.4) is 0 Å². The maximum atomic E-state index is 14.5. The third-order valence-electron chi connectivity index (χ3n) is 5.65. The fourth-order valence-electron chi connectivity index (χ4n) is 3.99. The molecule has 2 N–H and O–H groups in total. The van der Waals surface area contributed by atoms with Crippen LogP contribution in [0.2, 0.25) is 0 Å². The van der Waals surface area contributed by atoms with Gasteiger partial charge in [-0.05, 0) is 38.0 Å². The Morgan fingerprint density at radius 3 is 2.73 bits per heavy atom. The first-order chi connectivity index (χ1) is 15.8. The number of amides is 1. The number of likely N-dealkylation sites (tertiary alicyclic amines) is 1. The minimum atomic E-state index is -0.726. The second-order valence-corrected chi connectivity index (χ2v) is 7.85. The Morgan fingerprint density at radius 2 is 2.09 bits per heavy atom. The molecular weight excluding hydrogens is 430 g/mol. The fourth-order valence-corrected chi connectivity index (χ4v) is 3.99. The standard InChI is InChI=1S/C23H22F2N6O2/c1-13-20(23(32)30-7-3-4-16(27)12-30)29-21(14-5-6-15(10-26)18(24)8-14)31(13)17-9-19(25)22(33-2)28-11-17/h5-6,8-9,11,16H,3-4,7,12,27H2,1-2H3/t16-/m0/s1. The highest BCUT2D eigenvalue weighted by molar-refractivity contribution is 5.94. The molecule has 1 aromatic carbocycles. The molecule has 0 radical (unpaired) electrons. The zero-order chi connectivity index (χ0) is 23.7. The Hall–Kier alpha value is -3.84. The van der Waals surface area contributed by atoms with Gasteiger partial charge in [-0.25, -0.2) is 18.7 Å². The smallest absolute Gasteiger partial charge is 0.274 e. The third-order valence-corrected chi connectivity index (χ3v) is 5.65. The lowest BCUT2D eigenvalue weighted by Crippen LogP contribution is -2.46. The largest absolute Gasteiger partial charge is 0.479 e. The van der Waals surface area contributed by atoms with Crippen LogP contribution in [0.25, 0.3) is 17.1 Å². The second kappa shape index (κ2) is 8.96. The molecule has 1 amide bonds. The van der Waals surface area contributed by atoms with Gasteiger partial charge in [-0.1, -0.05) is 0 Å². The fraction of sp³-hybridized carbons (Fsp3) is 0.304. The lowest BCUT2D eigenvalue weighted by molar-refractivity contribution is 0.0702. The summed E-state index contributed by atoms with van der Waals surface area (Å²) in [7, 11) is 1.30. The van der Waals surface area contributed by atoms with E-state index in [1.807, 2.05) is 0 Å². The van der Waals surface area contributed by atoms with Gasteiger partial charge in [0.2, 0.25) is 5.88 Å². The molecule has 3 aromatic rings. The van der Waals surface area contributed by atoms with E-state index in [1.165, 1.54) is 36.1 Å². The topological polar surface area (TPSA) is 110 Å². The zero-order valence-corrected chi connectivity index (χ0v) is 18.2. The van der Waals surface area contributed by atoms with E-state index in [0.717, 1.165) is 18.9 Å². The number of rotatable bonds is 4. The number of carbonyl (C=O) groups excluding carboxylic acids is 1. The molecule has 1 aliphatic rings. The zero-order valence-electron chi connectivity index (χ0n) is 18.2. The lowest BCUT2D eigenvalue weighted by Gasteiger charge is -2.30. The molecule has 1 aliphatic heterocycles. The van der Waals surface area contributed by atoms with Crippen LogP contribution < -0.4 is 10.5 Å². The summed E-state index contributed by atoms with van der Waals surface area (Å²) in [5.41, 5.74) is 7.11. The monoisotopic (exact) mass is 452 g/mol. The molecule has 170 valence electrons. The molecular formula is C23H22F2N6O2. The van der Waals surface area contributed by atoms with E-state index in [2.05, 4.69) is 9.97 Å². The van der Waals surface area contributed by atoms with Crippen LogP contribution in [-0.2, 0) is 0 Å². The van der Waals surface area contributed by atoms with Crippen molar-refractivity contribution in [3.05, 3.63) is 59.0 Å². The summed E-state index contributed by atoms with van der Waals surface area (Å²) in [4.78, 5) is 23.4. The molecule has 0 aliphatic carbocycles. The molecule has 0 spiro atoms. The van der Waals surface area contributed by atoms with Crippen molar-refractivity contribution in [1.29, 1.82) is 5.26 Å². The average Bonchev–Trinajstić information content (AvgIpc) is 3.15. The number of nitriles is 1. The number of imidazole rings is 1. The molecule has 1 fully saturated rings. The number of hydrogen-bond donors (Lipinski definition) is 1. The maximum absolute atomic E-state index is 14.5. The van der Waals surface area contributed by atoms with Gasteiger partial charge in [-0.3, -0.25) is 9.36 Å². The van der Waals surface area contributed by atoms with Crippen molar-refractivity contribution in [2.45, 2.75) is 25.8 Å². The van der Waals surface area contributed by atoms with E-state index < -0.39 is 11.6 Å². The number of hydrogen-bond acceptors (Lipinski definition) is 6. The number of nitrogens with two attached hydrogens (primary N) is 1. The van der Waals surface area contributed by atoms with E-state index in [9.17, 15) is 13.6 Å². The van der Waals surface area contributed by atoms with Crippen molar-refractivity contribution in [2.24, 2.45) is 5.73 Å². The number of aromatic nitrogens is 3. The first-order valence-corrected chi connectivity index (χ1v) is 10.4. The van der Waals surface area contributed by atoms with Crippen molar-refractivity contribution in [3.8, 4) is 29.0 Å². The third kappa shape index (κ3) is 4.15. The molecule has 4 rings (SSSR count). The summed E-state index contributed by atoms with van der Waals surface area (Å²) >= 11 is 0. The number of nitrogens with zero attached hydrogens (tertiary/aromatic N) is 5. The van der Waals surface area contributed by atoms with Crippen LogP contribution in [0.1, 0.15) is 34.6 Å². The van der Waals surface area contributed by atoms with Crippen LogP contribution >= 0.6 is 0 Å². The molecule has 0 unspecified atom stereocenters. The maximum Gasteiger partial charge on any atom is 0.274 e. The Kier molecular flexibility index (Phi) is 6.07. The molecule has 0 saturated carbocycles. The van der Waals surface area contributed by atoms with E-state index in [-0.39, 0.29) is 40.6 Å². The SMILES string of the molecule is COc1ncc(-n2c(-c3ccc(C#N)c(F)c3)nc(C(=O)N3CCC[C@H](N)C3)c2C)cc1F. The van der Waals surface area contributed by atoms with Gasteiger partial charge in [0.05, 0.1) is 30.3 Å². The minimum absolute atomic E-state index is 0.114. The summed E-state index contributed by atoms with van der Waals surface area (Å²) < 4.78 is 35.3. The minimum Gasteiger partial charge on any atom is -0.479 e. The second-order valence-electron chi connectivity index (χ2n) is 7.85. The summed E-state index contributed by atoms with van der Waals surface area (Å²) in [5.74, 6) is -1.70. The number of carbonyl (C=O) groups is 1. The van der Waals surface area contributed by atoms with E-state index in [1.54, 1.807) is 17.9 Å². The highest BCUT2D eigenvalue weighted by Crippen LogP contribution is 2.30. The molecule has 33 heavy (non-hydrogen) atoms. The lowest BCUT2D eigenvalue weighted by atomic mass is 10.1. The number of piperidine rings is 1. The summed E-state index contributed by atoms with van der Waals surface area (Å²) in [6.07, 6.45) is 3.00. The summed E-state index contributed by atoms with van der Waals surface area (Å²) in [5, 5.41) is 9.05. The predicted octanol–water partition coefficient (Wildman–Crippen LogP) is 2.96. The number of benzene rings is 1. The number of halogens is 2. The number of ether oxygens (including phenoxy) is 1. The highest BCUT2D eigenvalue weighted by Gasteiger charge is 2.29. The Morgan fingerprint density at radius 1 is 1.30 bits per heavy atom. The Labute approximate surface area is 189 Å². The van der Waals surface area contributed by atoms with Gasteiger partial charge >= 0.3 is 0 Å². The van der Waals surface area contributed by atoms with Gasteiger partial charge in [0, 0.05) is 30.8 Å². The first kappa shape index (κ1) is 22.4. The van der Waals surface area contributed by atoms with Crippen LogP contribution in [-0.4, -0.2) is 51.6 Å². The van der Waals surface area contributed by atoms with Crippen LogP contribution in [0, 0.1) is 29.9 Å². The van der Waals surface area contributed by atoms with Crippen LogP contribution in [0.15, 0.2) is 30.5 Å². The average molecular weight is 452 g/mol. The molecule has 8 nitrogen and oxygen atoms in total. The molecule has 2 aromatic heterocycles. The Bertz CT molecular complexity index is 1270. The van der Waals surface area contributed by atoms with Crippen molar-refractivity contribution in [3.63, 3.8) is 0 Å². The van der Waals surface area contributed by atoms with Gasteiger partial charge < -0.3 is 15.4 Å². The molecule has 10 heteroatoms. The van der Waals surface area contributed by atoms with Crippen molar-refractivity contribution in [1.82, 2.24) is 19.4 Å². The summed E-state index contributed by atoms with van der Waals surface area (Å²) in [6.45, 7) is 2.64. The van der Waals surface area contributed by atoms with E-state index in [4.69, 9.17) is 15.7 Å². The van der Waals surface area contributed by atoms with E-state index in [0.29, 0.717) is 24.3 Å².